The van der Waals surface area contributed by atoms with Crippen molar-refractivity contribution in [3.63, 3.8) is 0 Å². The molecule has 0 aromatic carbocycles. The Morgan fingerprint density at radius 2 is 1.05 bits per heavy atom. The normalized spacial score (nSPS) is 20.1. The second-order valence-electron chi connectivity index (χ2n) is 12.1. The topological polar surface area (TPSA) is 21.7 Å². The average molecular weight is 522 g/mol. The molecular formula is C34H67NO2. The molecule has 2 atom stereocenters. The predicted molar refractivity (Wildman–Crippen MR) is 163 cm³/mol. The van der Waals surface area contributed by atoms with Gasteiger partial charge in [0.2, 0.25) is 0 Å². The van der Waals surface area contributed by atoms with Crippen molar-refractivity contribution >= 4 is 0 Å². The van der Waals surface area contributed by atoms with E-state index < -0.39 is 0 Å². The molecule has 0 bridgehead atoms. The molecule has 0 aromatic heterocycles. The van der Waals surface area contributed by atoms with Crippen molar-refractivity contribution < 1.29 is 9.47 Å². The fourth-order valence-corrected chi connectivity index (χ4v) is 5.54. The number of allylic oxidation sites excluding steroid dienone is 2. The number of unbranched alkanes of at least 4 members (excludes halogenated alkanes) is 18. The summed E-state index contributed by atoms with van der Waals surface area (Å²) in [5, 5.41) is 0. The summed E-state index contributed by atoms with van der Waals surface area (Å²) in [6.07, 6.45) is 36.9. The maximum Gasteiger partial charge on any atom is 0.168 e. The lowest BCUT2D eigenvalue weighted by Gasteiger charge is -2.29. The molecule has 0 aromatic rings. The molecule has 0 amide bonds. The lowest BCUT2D eigenvalue weighted by Crippen LogP contribution is -2.31. The van der Waals surface area contributed by atoms with Crippen LogP contribution in [0, 0.1) is 0 Å². The van der Waals surface area contributed by atoms with Gasteiger partial charge in [-0.25, -0.2) is 0 Å². The summed E-state index contributed by atoms with van der Waals surface area (Å²) in [6.45, 7) is 6.45. The van der Waals surface area contributed by atoms with Crippen LogP contribution in [0.25, 0.3) is 0 Å². The largest absolute Gasteiger partial charge is 0.347 e. The van der Waals surface area contributed by atoms with Gasteiger partial charge in [-0.3, -0.25) is 0 Å². The second kappa shape index (κ2) is 24.6. The highest BCUT2D eigenvalue weighted by Crippen LogP contribution is 2.35. The Labute approximate surface area is 233 Å². The summed E-state index contributed by atoms with van der Waals surface area (Å²) >= 11 is 0. The summed E-state index contributed by atoms with van der Waals surface area (Å²) in [6, 6.07) is 0. The lowest BCUT2D eigenvalue weighted by molar-refractivity contribution is -0.180. The Morgan fingerprint density at radius 1 is 0.622 bits per heavy atom. The van der Waals surface area contributed by atoms with Gasteiger partial charge in [-0.05, 0) is 59.0 Å². The van der Waals surface area contributed by atoms with Crippen molar-refractivity contribution in [2.45, 2.75) is 180 Å². The minimum absolute atomic E-state index is 0.279. The van der Waals surface area contributed by atoms with Crippen molar-refractivity contribution in [1.29, 1.82) is 0 Å². The SMILES string of the molecule is CCCCCCCC/C=C\CCCCCCCCC1(CCCCCCCCC)OC[C@H](CCN(C)C)O1. The van der Waals surface area contributed by atoms with Crippen LogP contribution in [-0.2, 0) is 9.47 Å². The van der Waals surface area contributed by atoms with E-state index in [9.17, 15) is 0 Å². The second-order valence-corrected chi connectivity index (χ2v) is 12.1. The summed E-state index contributed by atoms with van der Waals surface area (Å²) in [4.78, 5) is 2.26. The molecule has 1 rings (SSSR count). The Kier molecular flexibility index (Phi) is 23.1. The van der Waals surface area contributed by atoms with Crippen molar-refractivity contribution in [1.82, 2.24) is 4.90 Å². The Morgan fingerprint density at radius 3 is 1.51 bits per heavy atom. The Hall–Kier alpha value is -0.380. The first-order valence-corrected chi connectivity index (χ1v) is 16.7. The van der Waals surface area contributed by atoms with Gasteiger partial charge in [0, 0.05) is 19.4 Å². The van der Waals surface area contributed by atoms with Crippen LogP contribution in [0.15, 0.2) is 12.2 Å². The quantitative estimate of drug-likeness (QED) is 0.0792. The highest BCUT2D eigenvalue weighted by atomic mass is 16.7. The van der Waals surface area contributed by atoms with Gasteiger partial charge in [-0.2, -0.15) is 0 Å². The molecule has 1 unspecified atom stereocenters. The third kappa shape index (κ3) is 20.2. The minimum Gasteiger partial charge on any atom is -0.347 e. The first-order valence-electron chi connectivity index (χ1n) is 16.7. The zero-order valence-corrected chi connectivity index (χ0v) is 25.9. The first-order chi connectivity index (χ1) is 18.1. The van der Waals surface area contributed by atoms with E-state index in [1.807, 2.05) is 0 Å². The van der Waals surface area contributed by atoms with E-state index in [1.165, 1.54) is 135 Å². The third-order valence-electron chi connectivity index (χ3n) is 8.04. The molecule has 0 aliphatic carbocycles. The molecule has 0 radical (unpaired) electrons. The molecule has 1 aliphatic rings. The number of rotatable bonds is 27. The maximum atomic E-state index is 6.61. The van der Waals surface area contributed by atoms with Gasteiger partial charge in [0.05, 0.1) is 12.7 Å². The average Bonchev–Trinajstić information content (AvgIpc) is 3.30. The van der Waals surface area contributed by atoms with Crippen LogP contribution in [0.5, 0.6) is 0 Å². The summed E-state index contributed by atoms with van der Waals surface area (Å²) in [7, 11) is 4.29. The monoisotopic (exact) mass is 522 g/mol. The van der Waals surface area contributed by atoms with Gasteiger partial charge < -0.3 is 14.4 Å². The van der Waals surface area contributed by atoms with Crippen LogP contribution in [0.2, 0.25) is 0 Å². The van der Waals surface area contributed by atoms with E-state index in [1.54, 1.807) is 0 Å². The molecule has 220 valence electrons. The highest BCUT2D eigenvalue weighted by molar-refractivity contribution is 4.82. The van der Waals surface area contributed by atoms with Crippen LogP contribution in [-0.4, -0.2) is 44.0 Å². The van der Waals surface area contributed by atoms with Crippen LogP contribution in [0.3, 0.4) is 0 Å². The Balaban J connectivity index is 2.14. The molecule has 1 saturated heterocycles. The van der Waals surface area contributed by atoms with Gasteiger partial charge in [0.1, 0.15) is 0 Å². The fraction of sp³-hybridized carbons (Fsp3) is 0.941. The van der Waals surface area contributed by atoms with Gasteiger partial charge in [-0.1, -0.05) is 122 Å². The van der Waals surface area contributed by atoms with E-state index in [4.69, 9.17) is 9.47 Å². The van der Waals surface area contributed by atoms with E-state index in [0.29, 0.717) is 0 Å². The fourth-order valence-electron chi connectivity index (χ4n) is 5.54. The van der Waals surface area contributed by atoms with Crippen LogP contribution in [0.4, 0.5) is 0 Å². The van der Waals surface area contributed by atoms with Crippen LogP contribution < -0.4 is 0 Å². The standard InChI is InChI=1S/C34H67NO2/c1-5-7-9-11-13-14-15-16-17-18-19-20-21-23-25-27-30-34(29-26-24-22-12-10-8-6-2)36-32-33(37-34)28-31-35(3)4/h16-17,33H,5-15,18-32H2,1-4H3/b17-16-/t33-,34?/m0/s1. The van der Waals surface area contributed by atoms with Gasteiger partial charge in [0.25, 0.3) is 0 Å². The van der Waals surface area contributed by atoms with Crippen molar-refractivity contribution in [3.8, 4) is 0 Å². The van der Waals surface area contributed by atoms with Crippen LogP contribution >= 0.6 is 0 Å². The molecule has 1 fully saturated rings. The van der Waals surface area contributed by atoms with E-state index >= 15 is 0 Å². The number of nitrogens with zero attached hydrogens (tertiary/aromatic N) is 1. The van der Waals surface area contributed by atoms with Gasteiger partial charge in [-0.15, -0.1) is 0 Å². The predicted octanol–water partition coefficient (Wildman–Crippen LogP) is 10.6. The van der Waals surface area contributed by atoms with Crippen molar-refractivity contribution in [2.24, 2.45) is 0 Å². The van der Waals surface area contributed by atoms with E-state index in [-0.39, 0.29) is 11.9 Å². The third-order valence-corrected chi connectivity index (χ3v) is 8.04. The number of ether oxygens (including phenoxy) is 2. The molecule has 3 heteroatoms. The molecule has 3 nitrogen and oxygen atoms in total. The molecule has 1 aliphatic heterocycles. The molecule has 0 saturated carbocycles. The molecule has 1 heterocycles. The first kappa shape index (κ1) is 34.6. The summed E-state index contributed by atoms with van der Waals surface area (Å²) in [5.41, 5.74) is 0. The van der Waals surface area contributed by atoms with Crippen LogP contribution in [0.1, 0.15) is 168 Å². The molecule has 0 spiro atoms. The smallest absolute Gasteiger partial charge is 0.168 e. The molecule has 37 heavy (non-hydrogen) atoms. The van der Waals surface area contributed by atoms with E-state index in [2.05, 4.69) is 45.0 Å². The summed E-state index contributed by atoms with van der Waals surface area (Å²) < 4.78 is 13.0. The molecular weight excluding hydrogens is 454 g/mol. The van der Waals surface area contributed by atoms with Crippen molar-refractivity contribution in [2.75, 3.05) is 27.2 Å². The van der Waals surface area contributed by atoms with Gasteiger partial charge in [0.15, 0.2) is 5.79 Å². The van der Waals surface area contributed by atoms with E-state index in [0.717, 1.165) is 32.4 Å². The maximum absolute atomic E-state index is 6.61. The highest BCUT2D eigenvalue weighted by Gasteiger charge is 2.40. The number of hydrogen-bond acceptors (Lipinski definition) is 3. The lowest BCUT2D eigenvalue weighted by atomic mass is 9.98. The number of hydrogen-bond donors (Lipinski definition) is 0. The van der Waals surface area contributed by atoms with Gasteiger partial charge >= 0.3 is 0 Å². The molecule has 0 N–H and O–H groups in total. The Bertz CT molecular complexity index is 506. The zero-order valence-electron chi connectivity index (χ0n) is 25.9. The zero-order chi connectivity index (χ0) is 26.9. The minimum atomic E-state index is -0.290. The summed E-state index contributed by atoms with van der Waals surface area (Å²) in [5.74, 6) is -0.290. The van der Waals surface area contributed by atoms with Crippen molar-refractivity contribution in [3.05, 3.63) is 12.2 Å².